The first-order valence-corrected chi connectivity index (χ1v) is 3.41. The van der Waals surface area contributed by atoms with E-state index in [9.17, 15) is 4.91 Å². The molecule has 3 nitrogen and oxygen atoms in total. The Hall–Kier alpha value is -0.600. The highest BCUT2D eigenvalue weighted by atomic mass is 16.3. The highest BCUT2D eigenvalue weighted by molar-refractivity contribution is 4.65. The maximum Gasteiger partial charge on any atom is 0.0524 e. The van der Waals surface area contributed by atoms with Gasteiger partial charge in [0, 0.05) is 13.1 Å². The van der Waals surface area contributed by atoms with Gasteiger partial charge in [-0.1, -0.05) is 6.92 Å². The van der Waals surface area contributed by atoms with E-state index < -0.39 is 0 Å². The molecule has 1 rings (SSSR count). The third-order valence-corrected chi connectivity index (χ3v) is 1.75. The van der Waals surface area contributed by atoms with Crippen molar-refractivity contribution in [2.75, 3.05) is 13.1 Å². The van der Waals surface area contributed by atoms with Crippen LogP contribution in [0.5, 0.6) is 0 Å². The van der Waals surface area contributed by atoms with Gasteiger partial charge in [0.25, 0.3) is 0 Å². The van der Waals surface area contributed by atoms with Crippen LogP contribution in [0.4, 0.5) is 0 Å². The summed E-state index contributed by atoms with van der Waals surface area (Å²) in [4.78, 5) is 9.98. The summed E-state index contributed by atoms with van der Waals surface area (Å²) in [6.45, 7) is 3.86. The molecule has 0 bridgehead atoms. The fourth-order valence-electron chi connectivity index (χ4n) is 1.24. The molecule has 1 atom stereocenters. The Kier molecular flexibility index (Phi) is 2.03. The van der Waals surface area contributed by atoms with E-state index in [0.717, 1.165) is 19.5 Å². The minimum atomic E-state index is 0.649. The van der Waals surface area contributed by atoms with Crippen molar-refractivity contribution in [3.05, 3.63) is 4.91 Å². The molecule has 0 spiro atoms. The van der Waals surface area contributed by atoms with Crippen molar-refractivity contribution in [1.29, 1.82) is 0 Å². The molecule has 0 radical (unpaired) electrons. The number of piperidine rings is 1. The molecule has 0 aromatic rings. The highest BCUT2D eigenvalue weighted by Crippen LogP contribution is 2.14. The lowest BCUT2D eigenvalue weighted by molar-refractivity contribution is 0.188. The van der Waals surface area contributed by atoms with E-state index in [4.69, 9.17) is 0 Å². The van der Waals surface area contributed by atoms with Crippen molar-refractivity contribution >= 4 is 0 Å². The lowest BCUT2D eigenvalue weighted by Crippen LogP contribution is -2.29. The van der Waals surface area contributed by atoms with Crippen molar-refractivity contribution in [2.24, 2.45) is 11.2 Å². The predicted molar refractivity (Wildman–Crippen MR) is 35.8 cm³/mol. The number of hydrogen-bond donors (Lipinski definition) is 0. The largest absolute Gasteiger partial charge is 0.261 e. The first kappa shape index (κ1) is 6.52. The highest BCUT2D eigenvalue weighted by Gasteiger charge is 2.14. The fourth-order valence-corrected chi connectivity index (χ4v) is 1.24. The molecule has 0 saturated carbocycles. The lowest BCUT2D eigenvalue weighted by atomic mass is 10.0. The van der Waals surface area contributed by atoms with E-state index in [2.05, 4.69) is 12.2 Å². The maximum atomic E-state index is 9.98. The summed E-state index contributed by atoms with van der Waals surface area (Å²) < 4.78 is 0. The van der Waals surface area contributed by atoms with Gasteiger partial charge < -0.3 is 0 Å². The van der Waals surface area contributed by atoms with Gasteiger partial charge in [0.1, 0.15) is 0 Å². The first-order valence-electron chi connectivity index (χ1n) is 3.41. The van der Waals surface area contributed by atoms with E-state index in [-0.39, 0.29) is 0 Å². The van der Waals surface area contributed by atoms with Crippen LogP contribution in [0.15, 0.2) is 5.29 Å². The second kappa shape index (κ2) is 2.80. The zero-order valence-electron chi connectivity index (χ0n) is 5.71. The summed E-state index contributed by atoms with van der Waals surface area (Å²) in [7, 11) is 0. The second-order valence-corrected chi connectivity index (χ2v) is 2.74. The van der Waals surface area contributed by atoms with Gasteiger partial charge in [0.05, 0.1) is 5.29 Å². The number of nitrogens with zero attached hydrogens (tertiary/aromatic N) is 2. The molecule has 0 aromatic carbocycles. The summed E-state index contributed by atoms with van der Waals surface area (Å²) in [5.74, 6) is 0.649. The molecule has 52 valence electrons. The summed E-state index contributed by atoms with van der Waals surface area (Å²) in [5, 5.41) is 4.49. The molecule has 0 aliphatic carbocycles. The van der Waals surface area contributed by atoms with Crippen LogP contribution < -0.4 is 0 Å². The molecule has 0 amide bonds. The molecule has 0 N–H and O–H groups in total. The predicted octanol–water partition coefficient (Wildman–Crippen LogP) is 1.40. The SMILES string of the molecule is C[C@@H]1CCCN(N=O)C1. The Bertz CT molecular complexity index is 105. The van der Waals surface area contributed by atoms with Crippen LogP contribution in [0.3, 0.4) is 0 Å². The summed E-state index contributed by atoms with van der Waals surface area (Å²) in [6, 6.07) is 0. The first-order chi connectivity index (χ1) is 4.33. The molecule has 1 fully saturated rings. The zero-order chi connectivity index (χ0) is 6.69. The quantitative estimate of drug-likeness (QED) is 0.500. The Morgan fingerprint density at radius 3 is 2.89 bits per heavy atom. The van der Waals surface area contributed by atoms with Gasteiger partial charge in [-0.3, -0.25) is 5.01 Å². The summed E-state index contributed by atoms with van der Waals surface area (Å²) in [6.07, 6.45) is 2.36. The average Bonchev–Trinajstić information content (AvgIpc) is 1.88. The van der Waals surface area contributed by atoms with Crippen LogP contribution >= 0.6 is 0 Å². The molecule has 1 aliphatic rings. The van der Waals surface area contributed by atoms with Gasteiger partial charge in [0.2, 0.25) is 0 Å². The molecule has 1 aliphatic heterocycles. The standard InChI is InChI=1S/C6H12N2O/c1-6-3-2-4-8(5-6)7-9/h6H,2-5H2,1H3/t6-/m1/s1. The number of nitroso groups, excluding NO2 is 1. The monoisotopic (exact) mass is 128 g/mol. The average molecular weight is 128 g/mol. The van der Waals surface area contributed by atoms with Crippen LogP contribution in [0.2, 0.25) is 0 Å². The topological polar surface area (TPSA) is 32.7 Å². The van der Waals surface area contributed by atoms with Crippen molar-refractivity contribution in [2.45, 2.75) is 19.8 Å². The Morgan fingerprint density at radius 2 is 2.44 bits per heavy atom. The van der Waals surface area contributed by atoms with Crippen molar-refractivity contribution in [3.63, 3.8) is 0 Å². The minimum absolute atomic E-state index is 0.649. The van der Waals surface area contributed by atoms with E-state index >= 15 is 0 Å². The number of rotatable bonds is 1. The van der Waals surface area contributed by atoms with E-state index in [1.807, 2.05) is 0 Å². The van der Waals surface area contributed by atoms with E-state index in [1.165, 1.54) is 6.42 Å². The van der Waals surface area contributed by atoms with Crippen LogP contribution in [0.25, 0.3) is 0 Å². The van der Waals surface area contributed by atoms with Crippen molar-refractivity contribution < 1.29 is 0 Å². The van der Waals surface area contributed by atoms with Crippen LogP contribution in [0.1, 0.15) is 19.8 Å². The molecule has 0 aromatic heterocycles. The summed E-state index contributed by atoms with van der Waals surface area (Å²) >= 11 is 0. The van der Waals surface area contributed by atoms with Gasteiger partial charge in [-0.15, -0.1) is 4.91 Å². The normalized spacial score (nSPS) is 28.1. The third kappa shape index (κ3) is 1.66. The van der Waals surface area contributed by atoms with Gasteiger partial charge in [0.15, 0.2) is 0 Å². The molecule has 9 heavy (non-hydrogen) atoms. The Morgan fingerprint density at radius 1 is 1.67 bits per heavy atom. The molecule has 1 saturated heterocycles. The van der Waals surface area contributed by atoms with Crippen LogP contribution in [-0.2, 0) is 0 Å². The molecule has 0 unspecified atom stereocenters. The Labute approximate surface area is 55.0 Å². The Balaban J connectivity index is 2.31. The number of hydrogen-bond acceptors (Lipinski definition) is 2. The smallest absolute Gasteiger partial charge is 0.0524 e. The third-order valence-electron chi connectivity index (χ3n) is 1.75. The molecular formula is C6H12N2O. The van der Waals surface area contributed by atoms with Gasteiger partial charge in [-0.25, -0.2) is 0 Å². The van der Waals surface area contributed by atoms with Gasteiger partial charge in [-0.05, 0) is 18.8 Å². The maximum absolute atomic E-state index is 9.98. The van der Waals surface area contributed by atoms with Crippen LogP contribution in [-0.4, -0.2) is 18.1 Å². The zero-order valence-corrected chi connectivity index (χ0v) is 5.71. The fraction of sp³-hybridized carbons (Fsp3) is 1.00. The van der Waals surface area contributed by atoms with E-state index in [0.29, 0.717) is 5.92 Å². The molecular weight excluding hydrogens is 116 g/mol. The van der Waals surface area contributed by atoms with Gasteiger partial charge >= 0.3 is 0 Å². The van der Waals surface area contributed by atoms with Crippen molar-refractivity contribution in [3.8, 4) is 0 Å². The van der Waals surface area contributed by atoms with E-state index in [1.54, 1.807) is 5.01 Å². The van der Waals surface area contributed by atoms with Crippen LogP contribution in [0, 0.1) is 10.8 Å². The molecule has 1 heterocycles. The summed E-state index contributed by atoms with van der Waals surface area (Å²) in [5.41, 5.74) is 0. The van der Waals surface area contributed by atoms with Crippen molar-refractivity contribution in [1.82, 2.24) is 5.01 Å². The lowest BCUT2D eigenvalue weighted by Gasteiger charge is -2.25. The van der Waals surface area contributed by atoms with Gasteiger partial charge in [-0.2, -0.15) is 0 Å². The minimum Gasteiger partial charge on any atom is -0.261 e. The second-order valence-electron chi connectivity index (χ2n) is 2.74. The molecule has 3 heteroatoms.